The summed E-state index contributed by atoms with van der Waals surface area (Å²) in [4.78, 5) is 27.1. The maximum Gasteiger partial charge on any atom is 0.247 e. The summed E-state index contributed by atoms with van der Waals surface area (Å²) in [5.74, 6) is 1.56. The Kier molecular flexibility index (Phi) is 6.62. The van der Waals surface area contributed by atoms with E-state index in [-0.39, 0.29) is 28.0 Å². The molecule has 34 heavy (non-hydrogen) atoms. The minimum Gasteiger partial charge on any atom is -0.344 e. The minimum atomic E-state index is -3.64. The molecular formula is C26H39N3O4S. The van der Waals surface area contributed by atoms with E-state index >= 15 is 0 Å². The van der Waals surface area contributed by atoms with Crippen LogP contribution in [0.2, 0.25) is 0 Å². The number of carbonyl (C=O) groups excluding carboxylic acids is 2. The molecule has 4 saturated carbocycles. The maximum atomic E-state index is 13.6. The van der Waals surface area contributed by atoms with Crippen LogP contribution in [0.1, 0.15) is 63.5 Å². The van der Waals surface area contributed by atoms with Crippen molar-refractivity contribution in [1.82, 2.24) is 9.62 Å². The zero-order valence-electron chi connectivity index (χ0n) is 21.3. The van der Waals surface area contributed by atoms with Gasteiger partial charge in [-0.3, -0.25) is 9.59 Å². The molecule has 4 aliphatic carbocycles. The van der Waals surface area contributed by atoms with Gasteiger partial charge in [0.2, 0.25) is 21.8 Å². The second-order valence-corrected chi connectivity index (χ2v) is 13.7. The van der Waals surface area contributed by atoms with Crippen LogP contribution in [0.25, 0.3) is 0 Å². The molecule has 0 radical (unpaired) electrons. The number of nitrogens with zero attached hydrogens (tertiary/aromatic N) is 1. The summed E-state index contributed by atoms with van der Waals surface area (Å²) < 4.78 is 26.5. The van der Waals surface area contributed by atoms with Crippen molar-refractivity contribution in [3.8, 4) is 0 Å². The molecule has 0 saturated heterocycles. The Morgan fingerprint density at radius 3 is 2.00 bits per heavy atom. The van der Waals surface area contributed by atoms with Crippen LogP contribution in [0.5, 0.6) is 0 Å². The fourth-order valence-electron chi connectivity index (χ4n) is 6.74. The third-order valence-electron chi connectivity index (χ3n) is 8.43. The minimum absolute atomic E-state index is 0.0253. The monoisotopic (exact) mass is 489 g/mol. The number of hydrogen-bond acceptors (Lipinski definition) is 4. The first-order valence-electron chi connectivity index (χ1n) is 12.5. The zero-order chi connectivity index (χ0) is 25.0. The molecule has 4 fully saturated rings. The van der Waals surface area contributed by atoms with Crippen LogP contribution >= 0.6 is 0 Å². The summed E-state index contributed by atoms with van der Waals surface area (Å²) in [5, 5.41) is 6.04. The molecule has 0 spiro atoms. The number of anilines is 1. The Bertz CT molecular complexity index is 1060. The highest BCUT2D eigenvalue weighted by atomic mass is 32.2. The quantitative estimate of drug-likeness (QED) is 0.608. The Labute approximate surface area is 204 Å². The average Bonchev–Trinajstić information content (AvgIpc) is 2.73. The first-order chi connectivity index (χ1) is 15.8. The van der Waals surface area contributed by atoms with E-state index in [0.29, 0.717) is 23.4 Å². The standard InChI is InChI=1S/C26H39N3O4S/c1-15(2)23(28-25(31)26-12-18-8-19(13-26)10-20(9-18)14-26)24(30)27-22-11-21(7-16(3)17(22)4)34(32,33)29(5)6/h7,11,15,18-20,23H,8-10,12-14H2,1-6H3,(H,27,30)(H,28,31)/t18?,19?,20?,23-,26?/m1/s1. The van der Waals surface area contributed by atoms with Crippen LogP contribution in [0.4, 0.5) is 5.69 Å². The predicted octanol–water partition coefficient (Wildman–Crippen LogP) is 3.85. The third kappa shape index (κ3) is 4.51. The molecular weight excluding hydrogens is 450 g/mol. The van der Waals surface area contributed by atoms with Gasteiger partial charge in [0.25, 0.3) is 0 Å². The molecule has 4 aliphatic rings. The average molecular weight is 490 g/mol. The third-order valence-corrected chi connectivity index (χ3v) is 10.2. The predicted molar refractivity (Wildman–Crippen MR) is 133 cm³/mol. The maximum absolute atomic E-state index is 13.6. The first kappa shape index (κ1) is 25.2. The van der Waals surface area contributed by atoms with Crippen LogP contribution in [0, 0.1) is 42.9 Å². The van der Waals surface area contributed by atoms with Gasteiger partial charge in [-0.2, -0.15) is 0 Å². The number of benzene rings is 1. The summed E-state index contributed by atoms with van der Waals surface area (Å²) in [6.07, 6.45) is 6.60. The summed E-state index contributed by atoms with van der Waals surface area (Å²) in [7, 11) is -0.676. The van der Waals surface area contributed by atoms with Crippen molar-refractivity contribution >= 4 is 27.5 Å². The highest BCUT2D eigenvalue weighted by Crippen LogP contribution is 2.60. The number of amides is 2. The summed E-state index contributed by atoms with van der Waals surface area (Å²) in [6, 6.07) is 2.44. The molecule has 2 amide bonds. The van der Waals surface area contributed by atoms with Gasteiger partial charge in [0.1, 0.15) is 6.04 Å². The van der Waals surface area contributed by atoms with Crippen molar-refractivity contribution in [2.45, 2.75) is 77.2 Å². The number of sulfonamides is 1. The van der Waals surface area contributed by atoms with Crippen molar-refractivity contribution in [3.05, 3.63) is 23.3 Å². The molecule has 7 nitrogen and oxygen atoms in total. The van der Waals surface area contributed by atoms with Crippen LogP contribution < -0.4 is 10.6 Å². The summed E-state index contributed by atoms with van der Waals surface area (Å²) in [5.41, 5.74) is 1.71. The smallest absolute Gasteiger partial charge is 0.247 e. The normalized spacial score (nSPS) is 28.9. The van der Waals surface area contributed by atoms with E-state index in [1.807, 2.05) is 27.7 Å². The molecule has 1 aromatic carbocycles. The number of aryl methyl sites for hydroxylation is 1. The lowest BCUT2D eigenvalue weighted by molar-refractivity contribution is -0.148. The van der Waals surface area contributed by atoms with Crippen LogP contribution in [0.15, 0.2) is 17.0 Å². The Morgan fingerprint density at radius 2 is 1.53 bits per heavy atom. The number of rotatable bonds is 7. The van der Waals surface area contributed by atoms with E-state index in [1.54, 1.807) is 6.07 Å². The first-order valence-corrected chi connectivity index (χ1v) is 13.9. The Hall–Kier alpha value is -1.93. The fourth-order valence-corrected chi connectivity index (χ4v) is 7.76. The van der Waals surface area contributed by atoms with Crippen molar-refractivity contribution in [1.29, 1.82) is 0 Å². The van der Waals surface area contributed by atoms with E-state index in [0.717, 1.165) is 34.7 Å². The molecule has 0 heterocycles. The van der Waals surface area contributed by atoms with E-state index in [4.69, 9.17) is 0 Å². The summed E-state index contributed by atoms with van der Waals surface area (Å²) >= 11 is 0. The van der Waals surface area contributed by atoms with E-state index < -0.39 is 16.1 Å². The van der Waals surface area contributed by atoms with Gasteiger partial charge in [0, 0.05) is 25.2 Å². The SMILES string of the molecule is Cc1cc(S(=O)(=O)N(C)C)cc(NC(=O)[C@H](NC(=O)C23CC4CC(CC(C4)C2)C3)C(C)C)c1C. The van der Waals surface area contributed by atoms with Gasteiger partial charge >= 0.3 is 0 Å². The van der Waals surface area contributed by atoms with E-state index in [9.17, 15) is 18.0 Å². The van der Waals surface area contributed by atoms with Gasteiger partial charge in [-0.05, 0) is 99.3 Å². The molecule has 0 unspecified atom stereocenters. The van der Waals surface area contributed by atoms with Crippen molar-refractivity contribution in [2.75, 3.05) is 19.4 Å². The second-order valence-electron chi connectivity index (χ2n) is 11.6. The highest BCUT2D eigenvalue weighted by Gasteiger charge is 2.55. The number of hydrogen-bond donors (Lipinski definition) is 2. The molecule has 5 rings (SSSR count). The van der Waals surface area contributed by atoms with Crippen LogP contribution in [-0.2, 0) is 19.6 Å². The van der Waals surface area contributed by atoms with Gasteiger partial charge in [0.05, 0.1) is 4.90 Å². The second kappa shape index (κ2) is 8.94. The summed E-state index contributed by atoms with van der Waals surface area (Å²) in [6.45, 7) is 7.54. The molecule has 1 aromatic rings. The molecule has 0 aliphatic heterocycles. The molecule has 1 atom stereocenters. The lowest BCUT2D eigenvalue weighted by Gasteiger charge is -2.55. The van der Waals surface area contributed by atoms with Gasteiger partial charge in [-0.1, -0.05) is 13.8 Å². The van der Waals surface area contributed by atoms with Gasteiger partial charge in [-0.15, -0.1) is 0 Å². The molecule has 2 N–H and O–H groups in total. The number of nitrogens with one attached hydrogen (secondary N) is 2. The molecule has 8 heteroatoms. The Balaban J connectivity index is 1.54. The van der Waals surface area contributed by atoms with E-state index in [1.165, 1.54) is 39.4 Å². The highest BCUT2D eigenvalue weighted by molar-refractivity contribution is 7.89. The van der Waals surface area contributed by atoms with Gasteiger partial charge in [-0.25, -0.2) is 12.7 Å². The van der Waals surface area contributed by atoms with E-state index in [2.05, 4.69) is 10.6 Å². The topological polar surface area (TPSA) is 95.6 Å². The zero-order valence-corrected chi connectivity index (χ0v) is 22.1. The largest absolute Gasteiger partial charge is 0.344 e. The molecule has 0 aromatic heterocycles. The fraction of sp³-hybridized carbons (Fsp3) is 0.692. The number of carbonyl (C=O) groups is 2. The lowest BCUT2D eigenvalue weighted by Crippen LogP contribution is -2.57. The Morgan fingerprint density at radius 1 is 1.00 bits per heavy atom. The van der Waals surface area contributed by atoms with Gasteiger partial charge < -0.3 is 10.6 Å². The van der Waals surface area contributed by atoms with Crippen molar-refractivity contribution in [3.63, 3.8) is 0 Å². The lowest BCUT2D eigenvalue weighted by atomic mass is 9.49. The van der Waals surface area contributed by atoms with Gasteiger partial charge in [0.15, 0.2) is 0 Å². The van der Waals surface area contributed by atoms with Crippen LogP contribution in [-0.4, -0.2) is 44.7 Å². The molecule has 4 bridgehead atoms. The van der Waals surface area contributed by atoms with Crippen molar-refractivity contribution in [2.24, 2.45) is 29.1 Å². The van der Waals surface area contributed by atoms with Crippen molar-refractivity contribution < 1.29 is 18.0 Å². The molecule has 188 valence electrons. The van der Waals surface area contributed by atoms with Crippen LogP contribution in [0.3, 0.4) is 0 Å².